The first kappa shape index (κ1) is 9.43. The van der Waals surface area contributed by atoms with Crippen molar-refractivity contribution in [1.82, 2.24) is 0 Å². The number of aryl methyl sites for hydroxylation is 1. The number of fused-ring (bicyclic) bond motifs is 2. The van der Waals surface area contributed by atoms with E-state index in [1.54, 1.807) is 0 Å². The monoisotopic (exact) mass is 212 g/mol. The fourth-order valence-electron chi connectivity index (χ4n) is 2.11. The third-order valence-corrected chi connectivity index (χ3v) is 2.96. The molecule has 16 heavy (non-hydrogen) atoms. The van der Waals surface area contributed by atoms with E-state index < -0.39 is 6.10 Å². The fraction of sp³-hybridized carbons (Fsp3) is 0.143. The molecule has 2 nitrogen and oxygen atoms in total. The third-order valence-electron chi connectivity index (χ3n) is 2.96. The third kappa shape index (κ3) is 1.24. The lowest BCUT2D eigenvalue weighted by molar-refractivity contribution is 0.202. The first-order chi connectivity index (χ1) is 7.77. The van der Waals surface area contributed by atoms with E-state index in [0.717, 1.165) is 28.2 Å². The van der Waals surface area contributed by atoms with Gasteiger partial charge in [-0.05, 0) is 18.6 Å². The summed E-state index contributed by atoms with van der Waals surface area (Å²) in [4.78, 5) is 0. The molecule has 0 spiro atoms. The van der Waals surface area contributed by atoms with E-state index in [0.29, 0.717) is 0 Å². The number of rotatable bonds is 0. The van der Waals surface area contributed by atoms with Gasteiger partial charge in [0.25, 0.3) is 0 Å². The summed E-state index contributed by atoms with van der Waals surface area (Å²) in [7, 11) is 0. The van der Waals surface area contributed by atoms with Gasteiger partial charge in [0.1, 0.15) is 17.6 Å². The number of ether oxygens (including phenoxy) is 1. The maximum absolute atomic E-state index is 10.3. The number of para-hydroxylation sites is 2. The van der Waals surface area contributed by atoms with Crippen molar-refractivity contribution in [1.29, 1.82) is 0 Å². The summed E-state index contributed by atoms with van der Waals surface area (Å²) >= 11 is 0. The van der Waals surface area contributed by atoms with Gasteiger partial charge in [0, 0.05) is 11.1 Å². The highest BCUT2D eigenvalue weighted by Crippen LogP contribution is 2.43. The minimum absolute atomic E-state index is 0.583. The number of aliphatic hydroxyl groups is 1. The molecule has 1 aliphatic rings. The average molecular weight is 212 g/mol. The normalized spacial score (nSPS) is 17.2. The molecule has 1 aliphatic heterocycles. The molecule has 0 fully saturated rings. The first-order valence-electron chi connectivity index (χ1n) is 5.32. The van der Waals surface area contributed by atoms with E-state index >= 15 is 0 Å². The maximum atomic E-state index is 10.3. The van der Waals surface area contributed by atoms with Crippen LogP contribution in [0.3, 0.4) is 0 Å². The zero-order valence-corrected chi connectivity index (χ0v) is 8.97. The van der Waals surface area contributed by atoms with Crippen LogP contribution in [0, 0.1) is 6.92 Å². The van der Waals surface area contributed by atoms with Crippen LogP contribution in [0.15, 0.2) is 42.5 Å². The molecule has 2 aromatic rings. The quantitative estimate of drug-likeness (QED) is 0.726. The second-order valence-electron chi connectivity index (χ2n) is 4.04. The lowest BCUT2D eigenvalue weighted by atomic mass is 9.95. The first-order valence-corrected chi connectivity index (χ1v) is 5.32. The lowest BCUT2D eigenvalue weighted by Crippen LogP contribution is -2.10. The predicted molar refractivity (Wildman–Crippen MR) is 61.8 cm³/mol. The summed E-state index contributed by atoms with van der Waals surface area (Å²) in [6.45, 7) is 1.99. The Morgan fingerprint density at radius 3 is 2.62 bits per heavy atom. The van der Waals surface area contributed by atoms with Crippen molar-refractivity contribution < 1.29 is 9.84 Å². The zero-order chi connectivity index (χ0) is 11.1. The molecule has 1 atom stereocenters. The minimum Gasteiger partial charge on any atom is -0.456 e. The van der Waals surface area contributed by atoms with E-state index in [-0.39, 0.29) is 0 Å². The zero-order valence-electron chi connectivity index (χ0n) is 8.97. The predicted octanol–water partition coefficient (Wildman–Crippen LogP) is 3.18. The molecule has 0 saturated carbocycles. The van der Waals surface area contributed by atoms with Crippen LogP contribution in [-0.4, -0.2) is 5.11 Å². The van der Waals surface area contributed by atoms with E-state index in [2.05, 4.69) is 0 Å². The van der Waals surface area contributed by atoms with Crippen molar-refractivity contribution in [3.63, 3.8) is 0 Å². The lowest BCUT2D eigenvalue weighted by Gasteiger charge is -2.25. The smallest absolute Gasteiger partial charge is 0.136 e. The number of hydrogen-bond acceptors (Lipinski definition) is 2. The summed E-state index contributed by atoms with van der Waals surface area (Å²) < 4.78 is 5.82. The number of aliphatic hydroxyl groups excluding tert-OH is 1. The molecule has 80 valence electrons. The van der Waals surface area contributed by atoms with E-state index in [4.69, 9.17) is 4.74 Å². The summed E-state index contributed by atoms with van der Waals surface area (Å²) in [5.41, 5.74) is 2.73. The molecular formula is C14H12O2. The van der Waals surface area contributed by atoms with Crippen LogP contribution in [0.1, 0.15) is 22.8 Å². The highest BCUT2D eigenvalue weighted by atomic mass is 16.5. The SMILES string of the molecule is Cc1cccc2c1Oc1ccccc1C2O. The van der Waals surface area contributed by atoms with Crippen molar-refractivity contribution in [2.45, 2.75) is 13.0 Å². The molecule has 0 radical (unpaired) electrons. The van der Waals surface area contributed by atoms with Gasteiger partial charge >= 0.3 is 0 Å². The summed E-state index contributed by atoms with van der Waals surface area (Å²) in [5, 5.41) is 10.3. The molecule has 1 N–H and O–H groups in total. The summed E-state index contributed by atoms with van der Waals surface area (Å²) in [6.07, 6.45) is -0.583. The maximum Gasteiger partial charge on any atom is 0.136 e. The average Bonchev–Trinajstić information content (AvgIpc) is 2.31. The van der Waals surface area contributed by atoms with Gasteiger partial charge in [-0.3, -0.25) is 0 Å². The molecule has 2 aromatic carbocycles. The van der Waals surface area contributed by atoms with Gasteiger partial charge in [0.05, 0.1) is 0 Å². The van der Waals surface area contributed by atoms with E-state index in [1.165, 1.54) is 0 Å². The van der Waals surface area contributed by atoms with Crippen LogP contribution in [0.2, 0.25) is 0 Å². The minimum atomic E-state index is -0.583. The molecule has 1 heterocycles. The van der Waals surface area contributed by atoms with Gasteiger partial charge in [-0.25, -0.2) is 0 Å². The Morgan fingerprint density at radius 1 is 1.00 bits per heavy atom. The number of hydrogen-bond donors (Lipinski definition) is 1. The number of benzene rings is 2. The molecule has 0 aromatic heterocycles. The van der Waals surface area contributed by atoms with Crippen molar-refractivity contribution in [3.05, 3.63) is 59.2 Å². The molecular weight excluding hydrogens is 200 g/mol. The van der Waals surface area contributed by atoms with Crippen molar-refractivity contribution in [3.8, 4) is 11.5 Å². The van der Waals surface area contributed by atoms with Gasteiger partial charge in [0.2, 0.25) is 0 Å². The van der Waals surface area contributed by atoms with Crippen molar-refractivity contribution >= 4 is 0 Å². The Kier molecular flexibility index (Phi) is 1.98. The van der Waals surface area contributed by atoms with E-state index in [1.807, 2.05) is 49.4 Å². The molecule has 0 bridgehead atoms. The highest BCUT2D eigenvalue weighted by Gasteiger charge is 2.25. The van der Waals surface area contributed by atoms with Gasteiger partial charge in [-0.15, -0.1) is 0 Å². The second-order valence-corrected chi connectivity index (χ2v) is 4.04. The molecule has 2 heteroatoms. The summed E-state index contributed by atoms with van der Waals surface area (Å²) in [5.74, 6) is 1.53. The van der Waals surface area contributed by atoms with Crippen molar-refractivity contribution in [2.75, 3.05) is 0 Å². The molecule has 0 amide bonds. The van der Waals surface area contributed by atoms with Crippen LogP contribution in [-0.2, 0) is 0 Å². The molecule has 0 saturated heterocycles. The van der Waals surface area contributed by atoms with Gasteiger partial charge < -0.3 is 9.84 Å². The van der Waals surface area contributed by atoms with Crippen LogP contribution in [0.4, 0.5) is 0 Å². The van der Waals surface area contributed by atoms with Crippen LogP contribution >= 0.6 is 0 Å². The second kappa shape index (κ2) is 3.35. The Labute approximate surface area is 94.1 Å². The van der Waals surface area contributed by atoms with Gasteiger partial charge in [0.15, 0.2) is 0 Å². The van der Waals surface area contributed by atoms with Crippen LogP contribution in [0.5, 0.6) is 11.5 Å². The Morgan fingerprint density at radius 2 is 1.75 bits per heavy atom. The van der Waals surface area contributed by atoms with E-state index in [9.17, 15) is 5.11 Å². The molecule has 0 aliphatic carbocycles. The Hall–Kier alpha value is -1.80. The standard InChI is InChI=1S/C14H12O2/c1-9-5-4-7-11-13(15)10-6-2-3-8-12(10)16-14(9)11/h2-8,13,15H,1H3. The van der Waals surface area contributed by atoms with Crippen LogP contribution < -0.4 is 4.74 Å². The fourth-order valence-corrected chi connectivity index (χ4v) is 2.11. The Bertz CT molecular complexity index is 546. The van der Waals surface area contributed by atoms with Gasteiger partial charge in [-0.1, -0.05) is 36.4 Å². The summed E-state index contributed by atoms with van der Waals surface area (Å²) in [6, 6.07) is 13.4. The van der Waals surface area contributed by atoms with Gasteiger partial charge in [-0.2, -0.15) is 0 Å². The van der Waals surface area contributed by atoms with Crippen LogP contribution in [0.25, 0.3) is 0 Å². The van der Waals surface area contributed by atoms with Crippen molar-refractivity contribution in [2.24, 2.45) is 0 Å². The molecule has 3 rings (SSSR count). The highest BCUT2D eigenvalue weighted by molar-refractivity contribution is 5.54. The topological polar surface area (TPSA) is 29.5 Å². The Balaban J connectivity index is 2.22. The largest absolute Gasteiger partial charge is 0.456 e. The molecule has 1 unspecified atom stereocenters.